The Bertz CT molecular complexity index is 1260. The average molecular weight is 485 g/mol. The summed E-state index contributed by atoms with van der Waals surface area (Å²) in [6, 6.07) is 9.79. The third kappa shape index (κ3) is 4.28. The van der Waals surface area contributed by atoms with Crippen LogP contribution in [0.3, 0.4) is 0 Å². The molecule has 9 nitrogen and oxygen atoms in total. The topological polar surface area (TPSA) is 112 Å². The molecule has 1 unspecified atom stereocenters. The first-order chi connectivity index (χ1) is 15.8. The first-order valence-electron chi connectivity index (χ1n) is 10.4. The number of carbonyl (C=O) groups is 1. The minimum atomic E-state index is -3.07. The molecule has 3 heterocycles. The number of rotatable bonds is 7. The molecule has 0 aliphatic carbocycles. The van der Waals surface area contributed by atoms with Crippen LogP contribution in [0, 0.1) is 11.3 Å². The Hall–Kier alpha value is -3.10. The highest BCUT2D eigenvalue weighted by Gasteiger charge is 2.34. The molecule has 0 radical (unpaired) electrons. The van der Waals surface area contributed by atoms with Crippen molar-refractivity contribution < 1.29 is 13.2 Å². The molecule has 0 bridgehead atoms. The quantitative estimate of drug-likeness (QED) is 0.253. The van der Waals surface area contributed by atoms with Gasteiger partial charge in [-0.2, -0.15) is 5.26 Å². The molecule has 33 heavy (non-hydrogen) atoms. The van der Waals surface area contributed by atoms with Gasteiger partial charge in [0.15, 0.2) is 20.8 Å². The van der Waals surface area contributed by atoms with E-state index in [-0.39, 0.29) is 34.5 Å². The average Bonchev–Trinajstić information content (AvgIpc) is 3.43. The minimum absolute atomic E-state index is 0.00264. The van der Waals surface area contributed by atoms with E-state index in [1.54, 1.807) is 10.6 Å². The van der Waals surface area contributed by atoms with Crippen LogP contribution in [0.4, 0.5) is 11.4 Å². The van der Waals surface area contributed by atoms with Crippen molar-refractivity contribution in [2.45, 2.75) is 24.0 Å². The summed E-state index contributed by atoms with van der Waals surface area (Å²) in [6.45, 7) is 4.17. The number of allylic oxidation sites excluding steroid dienone is 2. The fraction of sp³-hybridized carbons (Fsp3) is 0.364. The first-order valence-corrected chi connectivity index (χ1v) is 13.2. The molecule has 2 aliphatic heterocycles. The van der Waals surface area contributed by atoms with Crippen molar-refractivity contribution in [1.29, 1.82) is 5.26 Å². The number of nitriles is 1. The molecule has 1 aromatic heterocycles. The zero-order valence-electron chi connectivity index (χ0n) is 18.4. The third-order valence-electron chi connectivity index (χ3n) is 5.84. The Balaban J connectivity index is 1.56. The maximum absolute atomic E-state index is 13.1. The van der Waals surface area contributed by atoms with Crippen LogP contribution in [0.1, 0.15) is 18.2 Å². The second-order valence-electron chi connectivity index (χ2n) is 7.97. The zero-order chi connectivity index (χ0) is 23.8. The monoisotopic (exact) mass is 484 g/mol. The smallest absolute Gasteiger partial charge is 0.191 e. The lowest BCUT2D eigenvalue weighted by molar-refractivity contribution is -0.112. The van der Waals surface area contributed by atoms with Crippen molar-refractivity contribution in [3.8, 4) is 6.07 Å². The largest absolute Gasteiger partial charge is 0.328 e. The van der Waals surface area contributed by atoms with Gasteiger partial charge in [0.25, 0.3) is 0 Å². The number of para-hydroxylation sites is 2. The van der Waals surface area contributed by atoms with Crippen molar-refractivity contribution in [2.75, 3.05) is 41.2 Å². The van der Waals surface area contributed by atoms with E-state index in [0.717, 1.165) is 11.4 Å². The fourth-order valence-electron chi connectivity index (χ4n) is 4.27. The molecule has 2 aromatic rings. The lowest BCUT2D eigenvalue weighted by Gasteiger charge is -2.19. The number of hydrogen-bond acceptors (Lipinski definition) is 9. The lowest BCUT2D eigenvalue weighted by atomic mass is 10.1. The van der Waals surface area contributed by atoms with E-state index in [9.17, 15) is 18.5 Å². The molecule has 172 valence electrons. The number of ketones is 1. The SMILES string of the molecule is C=CCn1c(SCC(=O)C(C#N)=C2N(C)c3ccccc3N2C)nnc1C1CCS(=O)(=O)C1. The molecular weight excluding hydrogens is 460 g/mol. The zero-order valence-corrected chi connectivity index (χ0v) is 20.1. The van der Waals surface area contributed by atoms with Gasteiger partial charge in [0.2, 0.25) is 0 Å². The maximum atomic E-state index is 13.1. The number of nitrogens with zero attached hydrogens (tertiary/aromatic N) is 6. The van der Waals surface area contributed by atoms with E-state index >= 15 is 0 Å². The van der Waals surface area contributed by atoms with Crippen molar-refractivity contribution in [1.82, 2.24) is 14.8 Å². The van der Waals surface area contributed by atoms with E-state index < -0.39 is 9.84 Å². The van der Waals surface area contributed by atoms with E-state index in [1.165, 1.54) is 11.8 Å². The number of hydrogen-bond donors (Lipinski definition) is 0. The van der Waals surface area contributed by atoms with E-state index in [4.69, 9.17) is 0 Å². The Morgan fingerprint density at radius 3 is 2.48 bits per heavy atom. The van der Waals surface area contributed by atoms with Gasteiger partial charge in [0.1, 0.15) is 23.3 Å². The van der Waals surface area contributed by atoms with Gasteiger partial charge in [-0.05, 0) is 18.6 Å². The predicted molar refractivity (Wildman–Crippen MR) is 128 cm³/mol. The summed E-state index contributed by atoms with van der Waals surface area (Å²) in [6.07, 6.45) is 2.19. The molecule has 2 aliphatic rings. The van der Waals surface area contributed by atoms with Gasteiger partial charge in [-0.3, -0.25) is 4.79 Å². The van der Waals surface area contributed by atoms with E-state index in [0.29, 0.717) is 29.8 Å². The van der Waals surface area contributed by atoms with Gasteiger partial charge in [-0.25, -0.2) is 8.42 Å². The molecular formula is C22H24N6O3S2. The summed E-state index contributed by atoms with van der Waals surface area (Å²) in [5.41, 5.74) is 1.91. The van der Waals surface area contributed by atoms with Crippen molar-refractivity contribution in [2.24, 2.45) is 0 Å². The van der Waals surface area contributed by atoms with Crippen LogP contribution in [0.25, 0.3) is 0 Å². The molecule has 11 heteroatoms. The van der Waals surface area contributed by atoms with Crippen LogP contribution in [0.5, 0.6) is 0 Å². The van der Waals surface area contributed by atoms with Crippen LogP contribution in [0.15, 0.2) is 53.5 Å². The number of benzene rings is 1. The van der Waals surface area contributed by atoms with Gasteiger partial charge in [-0.1, -0.05) is 30.0 Å². The van der Waals surface area contributed by atoms with Crippen LogP contribution < -0.4 is 9.80 Å². The summed E-state index contributed by atoms with van der Waals surface area (Å²) in [4.78, 5) is 16.8. The van der Waals surface area contributed by atoms with Crippen LogP contribution in [0.2, 0.25) is 0 Å². The summed E-state index contributed by atoms with van der Waals surface area (Å²) in [5, 5.41) is 18.7. The summed E-state index contributed by atoms with van der Waals surface area (Å²) < 4.78 is 25.6. The molecule has 1 atom stereocenters. The van der Waals surface area contributed by atoms with Gasteiger partial charge < -0.3 is 14.4 Å². The first kappa shape index (κ1) is 23.1. The number of fused-ring (bicyclic) bond motifs is 1. The Morgan fingerprint density at radius 1 is 1.27 bits per heavy atom. The van der Waals surface area contributed by atoms with Crippen molar-refractivity contribution in [3.63, 3.8) is 0 Å². The summed E-state index contributed by atoms with van der Waals surface area (Å²) in [5.74, 6) is 0.788. The molecule has 1 saturated heterocycles. The number of thioether (sulfide) groups is 1. The molecule has 1 aromatic carbocycles. The molecule has 0 amide bonds. The number of anilines is 2. The van der Waals surface area contributed by atoms with Crippen molar-refractivity contribution >= 4 is 38.8 Å². The van der Waals surface area contributed by atoms with Gasteiger partial charge in [0.05, 0.1) is 28.6 Å². The fourth-order valence-corrected chi connectivity index (χ4v) is 6.83. The Labute approximate surface area is 197 Å². The second kappa shape index (κ2) is 9.03. The van der Waals surface area contributed by atoms with E-state index in [1.807, 2.05) is 48.2 Å². The van der Waals surface area contributed by atoms with Crippen LogP contribution in [-0.2, 0) is 21.2 Å². The number of sulfone groups is 1. The van der Waals surface area contributed by atoms with E-state index in [2.05, 4.69) is 22.8 Å². The normalized spacial score (nSPS) is 18.8. The molecule has 0 saturated carbocycles. The standard InChI is InChI=1S/C22H24N6O3S2/c1-4-10-28-20(15-9-11-33(30,31)14-15)24-25-22(28)32-13-19(29)16(12-23)21-26(2)17-7-5-6-8-18(17)27(21)3/h4-8,15H,1,9-11,13-14H2,2-3H3. The molecule has 1 fully saturated rings. The Kier molecular flexibility index (Phi) is 6.32. The maximum Gasteiger partial charge on any atom is 0.191 e. The second-order valence-corrected chi connectivity index (χ2v) is 11.1. The molecule has 4 rings (SSSR count). The molecule has 0 spiro atoms. The van der Waals surface area contributed by atoms with Crippen LogP contribution >= 0.6 is 11.8 Å². The molecule has 0 N–H and O–H groups in total. The van der Waals surface area contributed by atoms with Gasteiger partial charge in [0, 0.05) is 26.6 Å². The number of carbonyl (C=O) groups excluding carboxylic acids is 1. The van der Waals surface area contributed by atoms with Gasteiger partial charge >= 0.3 is 0 Å². The number of aromatic nitrogens is 3. The Morgan fingerprint density at radius 2 is 1.94 bits per heavy atom. The lowest BCUT2D eigenvalue weighted by Crippen LogP contribution is -2.26. The number of Topliss-reactive ketones (excluding diaryl/α,β-unsaturated/α-hetero) is 1. The summed E-state index contributed by atoms with van der Waals surface area (Å²) >= 11 is 1.18. The van der Waals surface area contributed by atoms with Crippen molar-refractivity contribution in [3.05, 3.63) is 54.1 Å². The highest BCUT2D eigenvalue weighted by atomic mass is 32.2. The summed E-state index contributed by atoms with van der Waals surface area (Å²) in [7, 11) is 0.595. The minimum Gasteiger partial charge on any atom is -0.328 e. The highest BCUT2D eigenvalue weighted by Crippen LogP contribution is 2.40. The van der Waals surface area contributed by atoms with Crippen LogP contribution in [-0.4, -0.2) is 60.3 Å². The highest BCUT2D eigenvalue weighted by molar-refractivity contribution is 7.99. The van der Waals surface area contributed by atoms with Gasteiger partial charge in [-0.15, -0.1) is 16.8 Å². The predicted octanol–water partition coefficient (Wildman–Crippen LogP) is 2.35. The third-order valence-corrected chi connectivity index (χ3v) is 8.58.